The lowest BCUT2D eigenvalue weighted by Crippen LogP contribution is -2.17. The number of benzene rings is 1. The summed E-state index contributed by atoms with van der Waals surface area (Å²) in [6.07, 6.45) is 4.19. The van der Waals surface area contributed by atoms with Crippen LogP contribution in [0.5, 0.6) is 0 Å². The second-order valence-electron chi connectivity index (χ2n) is 8.55. The van der Waals surface area contributed by atoms with Gasteiger partial charge in [0.05, 0.1) is 29.2 Å². The number of pyridine rings is 1. The van der Waals surface area contributed by atoms with E-state index in [0.717, 1.165) is 42.0 Å². The smallest absolute Gasteiger partial charge is 0.301 e. The summed E-state index contributed by atoms with van der Waals surface area (Å²) in [6, 6.07) is 5.66. The fourth-order valence-corrected chi connectivity index (χ4v) is 3.67. The van der Waals surface area contributed by atoms with Gasteiger partial charge in [-0.2, -0.15) is 8.78 Å². The Kier molecular flexibility index (Phi) is 6.52. The van der Waals surface area contributed by atoms with Crippen LogP contribution >= 0.6 is 0 Å². The van der Waals surface area contributed by atoms with Crippen molar-refractivity contribution in [3.05, 3.63) is 59.0 Å². The largest absolute Gasteiger partial charge is 0.325 e. The normalized spacial score (nSPS) is 13.2. The molecular weight excluding hydrogens is 445 g/mol. The molecule has 0 aliphatic carbocycles. The first-order valence-electron chi connectivity index (χ1n) is 10.8. The van der Waals surface area contributed by atoms with Gasteiger partial charge in [0.25, 0.3) is 0 Å². The molecule has 0 bridgehead atoms. The van der Waals surface area contributed by atoms with Crippen molar-refractivity contribution in [3.8, 4) is 11.3 Å². The van der Waals surface area contributed by atoms with E-state index in [-0.39, 0.29) is 18.1 Å². The highest BCUT2D eigenvalue weighted by Gasteiger charge is 2.33. The highest BCUT2D eigenvalue weighted by Crippen LogP contribution is 2.38. The lowest BCUT2D eigenvalue weighted by Gasteiger charge is -2.16. The Balaban J connectivity index is 1.70. The summed E-state index contributed by atoms with van der Waals surface area (Å²) in [5, 5.41) is 5.80. The summed E-state index contributed by atoms with van der Waals surface area (Å²) in [6.45, 7) is 0.917. The van der Waals surface area contributed by atoms with Gasteiger partial charge in [-0.1, -0.05) is 12.1 Å². The second kappa shape index (κ2) is 9.38. The quantitative estimate of drug-likeness (QED) is 0.537. The number of nitrogens with one attached hydrogen (secondary N) is 2. The van der Waals surface area contributed by atoms with Crippen LogP contribution in [0.25, 0.3) is 11.3 Å². The van der Waals surface area contributed by atoms with E-state index in [4.69, 9.17) is 0 Å². The lowest BCUT2D eigenvalue weighted by molar-refractivity contribution is -0.115. The van der Waals surface area contributed by atoms with Gasteiger partial charge < -0.3 is 15.5 Å². The van der Waals surface area contributed by atoms with E-state index >= 15 is 0 Å². The highest BCUT2D eigenvalue weighted by molar-refractivity contribution is 6.00. The summed E-state index contributed by atoms with van der Waals surface area (Å²) in [7, 11) is 4.01. The molecule has 0 saturated carbocycles. The predicted octanol–water partition coefficient (Wildman–Crippen LogP) is 4.25. The van der Waals surface area contributed by atoms with Crippen molar-refractivity contribution in [2.75, 3.05) is 37.9 Å². The van der Waals surface area contributed by atoms with Crippen LogP contribution in [0.1, 0.15) is 22.4 Å². The first-order valence-corrected chi connectivity index (χ1v) is 10.8. The minimum atomic E-state index is -3.64. The van der Waals surface area contributed by atoms with Crippen molar-refractivity contribution >= 4 is 23.2 Å². The number of carbonyl (C=O) groups excluding carboxylic acids is 1. The molecule has 0 fully saturated rings. The molecule has 3 heterocycles. The van der Waals surface area contributed by atoms with E-state index < -0.39 is 24.1 Å². The first kappa shape index (κ1) is 23.6. The maximum absolute atomic E-state index is 13.9. The number of amides is 1. The molecule has 1 aliphatic rings. The summed E-state index contributed by atoms with van der Waals surface area (Å²) in [5.74, 6) is -3.75. The van der Waals surface area contributed by atoms with Crippen LogP contribution in [-0.2, 0) is 23.6 Å². The lowest BCUT2D eigenvalue weighted by atomic mass is 10.0. The number of carbonyl (C=O) groups is 1. The summed E-state index contributed by atoms with van der Waals surface area (Å²) >= 11 is 0. The molecule has 1 aliphatic heterocycles. The molecule has 178 valence electrons. The first-order chi connectivity index (χ1) is 16.2. The van der Waals surface area contributed by atoms with Gasteiger partial charge >= 0.3 is 5.92 Å². The Bertz CT molecular complexity index is 1230. The average Bonchev–Trinajstić information content (AvgIpc) is 2.94. The van der Waals surface area contributed by atoms with E-state index in [0.29, 0.717) is 16.8 Å². The second-order valence-corrected chi connectivity index (χ2v) is 8.55. The third kappa shape index (κ3) is 5.01. The molecule has 2 N–H and O–H groups in total. The minimum absolute atomic E-state index is 0.0142. The van der Waals surface area contributed by atoms with Gasteiger partial charge in [0, 0.05) is 35.6 Å². The van der Waals surface area contributed by atoms with Crippen LogP contribution in [-0.4, -0.2) is 53.1 Å². The standard InChI is InChI=1S/C24H25F3N6O/c1-14-19(8-15(11-28-14)6-7-33(2)3)31-23-29-12-16-9-21(34)30-20-10-17(24(26,27)13-25)4-5-18(20)22(16)32-23/h4-5,8,10-12H,6-7,9,13H2,1-3H3,(H,30,34)(H,29,31,32). The van der Waals surface area contributed by atoms with Crippen molar-refractivity contribution in [1.29, 1.82) is 0 Å². The molecule has 10 heteroatoms. The number of likely N-dealkylation sites (N-methyl/N-ethyl adjacent to an activating group) is 1. The van der Waals surface area contributed by atoms with Crippen molar-refractivity contribution in [3.63, 3.8) is 0 Å². The van der Waals surface area contributed by atoms with Gasteiger partial charge in [0.15, 0.2) is 6.67 Å². The Morgan fingerprint density at radius 3 is 2.71 bits per heavy atom. The Hall–Kier alpha value is -3.53. The number of fused-ring (bicyclic) bond motifs is 3. The highest BCUT2D eigenvalue weighted by atomic mass is 19.3. The monoisotopic (exact) mass is 470 g/mol. The van der Waals surface area contributed by atoms with Gasteiger partial charge in [-0.05, 0) is 45.1 Å². The van der Waals surface area contributed by atoms with E-state index in [2.05, 4.69) is 30.5 Å². The molecule has 0 radical (unpaired) electrons. The molecule has 7 nitrogen and oxygen atoms in total. The maximum Gasteiger partial charge on any atom is 0.301 e. The molecule has 4 rings (SSSR count). The number of anilines is 3. The third-order valence-corrected chi connectivity index (χ3v) is 5.59. The number of rotatable bonds is 7. The summed E-state index contributed by atoms with van der Waals surface area (Å²) in [5.41, 5.74) is 3.66. The average molecular weight is 470 g/mol. The third-order valence-electron chi connectivity index (χ3n) is 5.59. The molecule has 1 amide bonds. The fourth-order valence-electron chi connectivity index (χ4n) is 3.67. The molecule has 34 heavy (non-hydrogen) atoms. The molecule has 1 aromatic carbocycles. The van der Waals surface area contributed by atoms with Crippen LogP contribution in [0.4, 0.5) is 30.5 Å². The van der Waals surface area contributed by atoms with Gasteiger partial charge in [-0.3, -0.25) is 9.78 Å². The molecule has 3 aromatic rings. The number of alkyl halides is 3. The Morgan fingerprint density at radius 2 is 1.97 bits per heavy atom. The number of aromatic nitrogens is 3. The summed E-state index contributed by atoms with van der Waals surface area (Å²) in [4.78, 5) is 27.8. The van der Waals surface area contributed by atoms with Crippen LogP contribution in [0.3, 0.4) is 0 Å². The van der Waals surface area contributed by atoms with Gasteiger partial charge in [-0.25, -0.2) is 14.4 Å². The number of hydrogen-bond acceptors (Lipinski definition) is 6. The number of hydrogen-bond donors (Lipinski definition) is 2. The van der Waals surface area contributed by atoms with E-state index in [1.54, 1.807) is 6.20 Å². The molecular formula is C24H25F3N6O. The van der Waals surface area contributed by atoms with Crippen LogP contribution < -0.4 is 10.6 Å². The fraction of sp³-hybridized carbons (Fsp3) is 0.333. The van der Waals surface area contributed by atoms with Crippen molar-refractivity contribution in [1.82, 2.24) is 19.9 Å². The number of nitrogens with zero attached hydrogens (tertiary/aromatic N) is 4. The Morgan fingerprint density at radius 1 is 1.18 bits per heavy atom. The van der Waals surface area contributed by atoms with Crippen LogP contribution in [0.2, 0.25) is 0 Å². The molecule has 0 saturated heterocycles. The van der Waals surface area contributed by atoms with Crippen molar-refractivity contribution in [2.45, 2.75) is 25.7 Å². The molecule has 2 aromatic heterocycles. The Labute approximate surface area is 195 Å². The maximum atomic E-state index is 13.9. The zero-order valence-corrected chi connectivity index (χ0v) is 19.1. The molecule has 0 spiro atoms. The van der Waals surface area contributed by atoms with Crippen molar-refractivity contribution in [2.24, 2.45) is 0 Å². The zero-order valence-electron chi connectivity index (χ0n) is 19.1. The predicted molar refractivity (Wildman–Crippen MR) is 124 cm³/mol. The van der Waals surface area contributed by atoms with Gasteiger partial charge in [-0.15, -0.1) is 0 Å². The van der Waals surface area contributed by atoms with E-state index in [1.807, 2.05) is 33.3 Å². The molecule has 0 atom stereocenters. The van der Waals surface area contributed by atoms with Gasteiger partial charge in [0.2, 0.25) is 11.9 Å². The summed E-state index contributed by atoms with van der Waals surface area (Å²) < 4.78 is 40.6. The van der Waals surface area contributed by atoms with Crippen LogP contribution in [0.15, 0.2) is 36.7 Å². The topological polar surface area (TPSA) is 83.0 Å². The van der Waals surface area contributed by atoms with Crippen molar-refractivity contribution < 1.29 is 18.0 Å². The minimum Gasteiger partial charge on any atom is -0.325 e. The van der Waals surface area contributed by atoms with E-state index in [9.17, 15) is 18.0 Å². The zero-order chi connectivity index (χ0) is 24.5. The van der Waals surface area contributed by atoms with E-state index in [1.165, 1.54) is 6.07 Å². The van der Waals surface area contributed by atoms with Gasteiger partial charge in [0.1, 0.15) is 0 Å². The SMILES string of the molecule is Cc1ncc(CCN(C)C)cc1Nc1ncc2c(n1)-c1ccc(C(F)(F)CF)cc1NC(=O)C2. The number of halogens is 3. The van der Waals surface area contributed by atoms with Crippen LogP contribution in [0, 0.1) is 6.92 Å². The molecule has 0 unspecified atom stereocenters. The number of aryl methyl sites for hydroxylation is 1.